The molecule has 0 radical (unpaired) electrons. The summed E-state index contributed by atoms with van der Waals surface area (Å²) >= 11 is 0. The molecule has 29 heavy (non-hydrogen) atoms. The van der Waals surface area contributed by atoms with Crippen molar-refractivity contribution in [2.45, 2.75) is 32.4 Å². The molecule has 1 unspecified atom stereocenters. The number of fused-ring (bicyclic) bond motifs is 3. The van der Waals surface area contributed by atoms with E-state index in [4.69, 9.17) is 4.74 Å². The quantitative estimate of drug-likeness (QED) is 0.650. The molecule has 8 heteroatoms. The van der Waals surface area contributed by atoms with E-state index in [9.17, 15) is 14.4 Å². The standard InChI is InChI=1S/C21H28N4O4/c1-4-29-11-7-10-22-18(26)13-23-20(28)21(2)14-25-16-9-6-5-8-15(16)12-17(25)19(27)24(21)3/h5-6,8-9,12H,4,7,10-11,13-14H2,1-3H3,(H,22,26)(H,23,28). The van der Waals surface area contributed by atoms with E-state index >= 15 is 0 Å². The normalized spacial score (nSPS) is 18.6. The van der Waals surface area contributed by atoms with Gasteiger partial charge in [-0.1, -0.05) is 18.2 Å². The fourth-order valence-electron chi connectivity index (χ4n) is 3.55. The molecule has 1 aliphatic rings. The van der Waals surface area contributed by atoms with Crippen molar-refractivity contribution in [3.8, 4) is 0 Å². The minimum absolute atomic E-state index is 0.135. The molecule has 8 nitrogen and oxygen atoms in total. The maximum absolute atomic E-state index is 12.9. The Kier molecular flexibility index (Phi) is 6.22. The SMILES string of the molecule is CCOCCCNC(=O)CNC(=O)C1(C)Cn2c(cc3ccccc32)C(=O)N1C. The van der Waals surface area contributed by atoms with Crippen molar-refractivity contribution in [2.75, 3.05) is 33.4 Å². The first-order valence-electron chi connectivity index (χ1n) is 9.87. The van der Waals surface area contributed by atoms with Crippen molar-refractivity contribution < 1.29 is 19.1 Å². The maximum Gasteiger partial charge on any atom is 0.271 e. The van der Waals surface area contributed by atoms with Gasteiger partial charge in [0.2, 0.25) is 11.8 Å². The van der Waals surface area contributed by atoms with Gasteiger partial charge >= 0.3 is 0 Å². The Morgan fingerprint density at radius 2 is 2.00 bits per heavy atom. The van der Waals surface area contributed by atoms with Gasteiger partial charge in [0, 0.05) is 37.7 Å². The average molecular weight is 400 g/mol. The van der Waals surface area contributed by atoms with Gasteiger partial charge in [0.1, 0.15) is 11.2 Å². The van der Waals surface area contributed by atoms with E-state index in [2.05, 4.69) is 10.6 Å². The molecule has 1 atom stereocenters. The molecular weight excluding hydrogens is 372 g/mol. The van der Waals surface area contributed by atoms with Gasteiger partial charge in [-0.3, -0.25) is 14.4 Å². The molecule has 0 bridgehead atoms. The molecule has 0 saturated heterocycles. The Bertz CT molecular complexity index is 923. The Balaban J connectivity index is 1.65. The number of hydrogen-bond donors (Lipinski definition) is 2. The zero-order chi connectivity index (χ0) is 21.0. The van der Waals surface area contributed by atoms with E-state index in [0.717, 1.165) is 10.9 Å². The Hall–Kier alpha value is -2.87. The highest BCUT2D eigenvalue weighted by Gasteiger charge is 2.45. The van der Waals surface area contributed by atoms with Crippen molar-refractivity contribution in [3.63, 3.8) is 0 Å². The number of amides is 3. The lowest BCUT2D eigenvalue weighted by molar-refractivity contribution is -0.134. The molecule has 0 aliphatic carbocycles. The largest absolute Gasteiger partial charge is 0.382 e. The summed E-state index contributed by atoms with van der Waals surface area (Å²) in [4.78, 5) is 39.3. The molecule has 0 spiro atoms. The molecule has 1 aliphatic heterocycles. The monoisotopic (exact) mass is 400 g/mol. The molecule has 3 amide bonds. The van der Waals surface area contributed by atoms with E-state index in [1.807, 2.05) is 41.8 Å². The van der Waals surface area contributed by atoms with Crippen LogP contribution in [0.15, 0.2) is 30.3 Å². The highest BCUT2D eigenvalue weighted by molar-refractivity contribution is 6.03. The molecular formula is C21H28N4O4. The fraction of sp³-hybridized carbons (Fsp3) is 0.476. The van der Waals surface area contributed by atoms with Crippen molar-refractivity contribution in [3.05, 3.63) is 36.0 Å². The second-order valence-corrected chi connectivity index (χ2v) is 7.40. The minimum Gasteiger partial charge on any atom is -0.382 e. The molecule has 156 valence electrons. The van der Waals surface area contributed by atoms with Gasteiger partial charge in [-0.05, 0) is 32.4 Å². The lowest BCUT2D eigenvalue weighted by Crippen LogP contribution is -2.63. The lowest BCUT2D eigenvalue weighted by atomic mass is 9.95. The summed E-state index contributed by atoms with van der Waals surface area (Å²) < 4.78 is 7.10. The molecule has 0 fully saturated rings. The summed E-state index contributed by atoms with van der Waals surface area (Å²) in [6.45, 7) is 5.54. The fourth-order valence-corrected chi connectivity index (χ4v) is 3.55. The number of nitrogens with one attached hydrogen (secondary N) is 2. The van der Waals surface area contributed by atoms with E-state index in [0.29, 0.717) is 38.4 Å². The number of ether oxygens (including phenoxy) is 1. The van der Waals surface area contributed by atoms with E-state index in [1.165, 1.54) is 4.90 Å². The predicted molar refractivity (Wildman–Crippen MR) is 110 cm³/mol. The summed E-state index contributed by atoms with van der Waals surface area (Å²) in [5.74, 6) is -0.845. The maximum atomic E-state index is 12.9. The van der Waals surface area contributed by atoms with Crippen LogP contribution in [0, 0.1) is 0 Å². The van der Waals surface area contributed by atoms with Crippen LogP contribution in [0.5, 0.6) is 0 Å². The van der Waals surface area contributed by atoms with Crippen LogP contribution < -0.4 is 10.6 Å². The van der Waals surface area contributed by atoms with Crippen LogP contribution >= 0.6 is 0 Å². The number of likely N-dealkylation sites (N-methyl/N-ethyl adjacent to an activating group) is 1. The van der Waals surface area contributed by atoms with Gasteiger partial charge in [-0.15, -0.1) is 0 Å². The number of rotatable bonds is 8. The van der Waals surface area contributed by atoms with Crippen LogP contribution in [0.1, 0.15) is 30.8 Å². The van der Waals surface area contributed by atoms with Crippen LogP contribution in [-0.2, 0) is 20.9 Å². The van der Waals surface area contributed by atoms with Crippen molar-refractivity contribution in [1.29, 1.82) is 0 Å². The average Bonchev–Trinajstić information content (AvgIpc) is 3.08. The second kappa shape index (κ2) is 8.65. The first-order valence-corrected chi connectivity index (χ1v) is 9.87. The molecule has 3 rings (SSSR count). The first kappa shape index (κ1) is 20.9. The van der Waals surface area contributed by atoms with E-state index < -0.39 is 5.54 Å². The zero-order valence-corrected chi connectivity index (χ0v) is 17.2. The minimum atomic E-state index is -1.10. The van der Waals surface area contributed by atoms with Crippen LogP contribution in [0.4, 0.5) is 0 Å². The predicted octanol–water partition coefficient (Wildman–Crippen LogP) is 1.14. The molecule has 2 heterocycles. The van der Waals surface area contributed by atoms with E-state index in [-0.39, 0.29) is 24.3 Å². The van der Waals surface area contributed by atoms with Gasteiger partial charge in [-0.25, -0.2) is 0 Å². The topological polar surface area (TPSA) is 92.7 Å². The zero-order valence-electron chi connectivity index (χ0n) is 17.2. The van der Waals surface area contributed by atoms with Crippen molar-refractivity contribution in [1.82, 2.24) is 20.1 Å². The highest BCUT2D eigenvalue weighted by Crippen LogP contribution is 2.31. The summed E-state index contributed by atoms with van der Waals surface area (Å²) in [6, 6.07) is 9.56. The van der Waals surface area contributed by atoms with Gasteiger partial charge in [0.25, 0.3) is 5.91 Å². The van der Waals surface area contributed by atoms with Gasteiger partial charge in [0.05, 0.1) is 13.1 Å². The molecule has 1 aromatic carbocycles. The molecule has 0 saturated carbocycles. The summed E-state index contributed by atoms with van der Waals surface area (Å²) in [7, 11) is 1.62. The van der Waals surface area contributed by atoms with Crippen molar-refractivity contribution in [2.24, 2.45) is 0 Å². The summed E-state index contributed by atoms with van der Waals surface area (Å²) in [5, 5.41) is 6.38. The third-order valence-corrected chi connectivity index (χ3v) is 5.43. The summed E-state index contributed by atoms with van der Waals surface area (Å²) in [5.41, 5.74) is 0.377. The first-order chi connectivity index (χ1) is 13.9. The number of aromatic nitrogens is 1. The van der Waals surface area contributed by atoms with Gasteiger partial charge in [0.15, 0.2) is 0 Å². The molecule has 2 N–H and O–H groups in total. The Morgan fingerprint density at radius 1 is 1.24 bits per heavy atom. The second-order valence-electron chi connectivity index (χ2n) is 7.40. The van der Waals surface area contributed by atoms with E-state index in [1.54, 1.807) is 14.0 Å². The number of carbonyl (C=O) groups excluding carboxylic acids is 3. The van der Waals surface area contributed by atoms with Gasteiger partial charge < -0.3 is 24.8 Å². The third kappa shape index (κ3) is 4.12. The highest BCUT2D eigenvalue weighted by atomic mass is 16.5. The van der Waals surface area contributed by atoms with Crippen molar-refractivity contribution >= 4 is 28.6 Å². The van der Waals surface area contributed by atoms with Crippen LogP contribution in [0.3, 0.4) is 0 Å². The number of nitrogens with zero attached hydrogens (tertiary/aromatic N) is 2. The number of hydrogen-bond acceptors (Lipinski definition) is 4. The van der Waals surface area contributed by atoms with Gasteiger partial charge in [-0.2, -0.15) is 0 Å². The van der Waals surface area contributed by atoms with Crippen LogP contribution in [0.2, 0.25) is 0 Å². The number of carbonyl (C=O) groups is 3. The Labute approximate surface area is 170 Å². The number of benzene rings is 1. The number of para-hydroxylation sites is 1. The Morgan fingerprint density at radius 3 is 2.76 bits per heavy atom. The summed E-state index contributed by atoms with van der Waals surface area (Å²) in [6.07, 6.45) is 0.714. The van der Waals surface area contributed by atoms with Crippen LogP contribution in [0.25, 0.3) is 10.9 Å². The van der Waals surface area contributed by atoms with Crippen LogP contribution in [-0.4, -0.2) is 66.1 Å². The third-order valence-electron chi connectivity index (χ3n) is 5.43. The lowest BCUT2D eigenvalue weighted by Gasteiger charge is -2.41. The smallest absolute Gasteiger partial charge is 0.271 e. The molecule has 2 aromatic rings. The molecule has 1 aromatic heterocycles.